The molecule has 0 amide bonds. The van der Waals surface area contributed by atoms with Crippen molar-refractivity contribution in [1.29, 1.82) is 0 Å². The zero-order valence-electron chi connectivity index (χ0n) is 11.1. The van der Waals surface area contributed by atoms with Crippen LogP contribution in [0.15, 0.2) is 48.7 Å². The van der Waals surface area contributed by atoms with E-state index >= 15 is 0 Å². The third-order valence-electron chi connectivity index (χ3n) is 3.30. The number of halogens is 1. The van der Waals surface area contributed by atoms with Crippen LogP contribution in [-0.2, 0) is 13.7 Å². The minimum Gasteiger partial charge on any atom is -0.489 e. The van der Waals surface area contributed by atoms with Crippen molar-refractivity contribution in [1.82, 2.24) is 4.57 Å². The van der Waals surface area contributed by atoms with E-state index in [1.165, 1.54) is 12.1 Å². The second kappa shape index (κ2) is 4.89. The zero-order chi connectivity index (χ0) is 14.1. The quantitative estimate of drug-likeness (QED) is 0.740. The van der Waals surface area contributed by atoms with Gasteiger partial charge in [0.1, 0.15) is 18.2 Å². The van der Waals surface area contributed by atoms with Gasteiger partial charge in [-0.1, -0.05) is 0 Å². The number of aryl methyl sites for hydroxylation is 1. The van der Waals surface area contributed by atoms with E-state index < -0.39 is 0 Å². The highest BCUT2D eigenvalue weighted by molar-refractivity contribution is 5.86. The van der Waals surface area contributed by atoms with Crippen molar-refractivity contribution in [3.63, 3.8) is 0 Å². The molecule has 0 saturated heterocycles. The van der Waals surface area contributed by atoms with E-state index in [-0.39, 0.29) is 5.82 Å². The minimum absolute atomic E-state index is 0.268. The zero-order valence-corrected chi connectivity index (χ0v) is 11.1. The molecule has 0 atom stereocenters. The molecule has 0 radical (unpaired) electrons. The highest BCUT2D eigenvalue weighted by Gasteiger charge is 2.07. The Bertz CT molecular complexity index is 747. The topological polar surface area (TPSA) is 40.2 Å². The van der Waals surface area contributed by atoms with E-state index in [9.17, 15) is 4.39 Å². The van der Waals surface area contributed by atoms with Gasteiger partial charge in [-0.2, -0.15) is 0 Å². The van der Waals surface area contributed by atoms with Gasteiger partial charge in [0.15, 0.2) is 0 Å². The van der Waals surface area contributed by atoms with Crippen LogP contribution in [0, 0.1) is 5.82 Å². The summed E-state index contributed by atoms with van der Waals surface area (Å²) in [6.07, 6.45) is 2.02. The van der Waals surface area contributed by atoms with Crippen molar-refractivity contribution in [2.75, 3.05) is 5.73 Å². The summed E-state index contributed by atoms with van der Waals surface area (Å²) in [4.78, 5) is 0. The Balaban J connectivity index is 1.87. The molecule has 0 spiro atoms. The van der Waals surface area contributed by atoms with Crippen LogP contribution < -0.4 is 10.5 Å². The summed E-state index contributed by atoms with van der Waals surface area (Å²) in [5.74, 6) is 0.377. The number of anilines is 1. The number of aromatic nitrogens is 1. The number of ether oxygens (including phenoxy) is 1. The fraction of sp³-hybridized carbons (Fsp3) is 0.125. The number of nitrogens with two attached hydrogens (primary N) is 1. The maximum absolute atomic E-state index is 12.8. The molecule has 0 aliphatic heterocycles. The third-order valence-corrected chi connectivity index (χ3v) is 3.30. The first kappa shape index (κ1) is 12.5. The molecule has 0 unspecified atom stereocenters. The highest BCUT2D eigenvalue weighted by Crippen LogP contribution is 2.24. The lowest BCUT2D eigenvalue weighted by Crippen LogP contribution is -1.95. The molecule has 20 heavy (non-hydrogen) atoms. The van der Waals surface area contributed by atoms with Crippen LogP contribution in [0.4, 0.5) is 10.1 Å². The van der Waals surface area contributed by atoms with Crippen LogP contribution >= 0.6 is 0 Å². The van der Waals surface area contributed by atoms with Gasteiger partial charge >= 0.3 is 0 Å². The summed E-state index contributed by atoms with van der Waals surface area (Å²) in [7, 11) is 1.99. The van der Waals surface area contributed by atoms with E-state index in [1.807, 2.05) is 36.0 Å². The van der Waals surface area contributed by atoms with Crippen LogP contribution in [0.5, 0.6) is 5.75 Å². The first-order valence-electron chi connectivity index (χ1n) is 6.35. The molecular weight excluding hydrogens is 255 g/mol. The van der Waals surface area contributed by atoms with Gasteiger partial charge in [-0.3, -0.25) is 0 Å². The van der Waals surface area contributed by atoms with Crippen molar-refractivity contribution in [2.24, 2.45) is 7.05 Å². The van der Waals surface area contributed by atoms with Crippen molar-refractivity contribution < 1.29 is 9.13 Å². The Labute approximate surface area is 116 Å². The average molecular weight is 270 g/mol. The summed E-state index contributed by atoms with van der Waals surface area (Å²) in [6.45, 7) is 0.423. The van der Waals surface area contributed by atoms with Crippen LogP contribution in [0.3, 0.4) is 0 Å². The van der Waals surface area contributed by atoms with E-state index in [0.717, 1.165) is 22.2 Å². The minimum atomic E-state index is -0.268. The van der Waals surface area contributed by atoms with E-state index in [1.54, 1.807) is 12.1 Å². The van der Waals surface area contributed by atoms with Gasteiger partial charge in [0.05, 0.1) is 0 Å². The van der Waals surface area contributed by atoms with Crippen molar-refractivity contribution >= 4 is 16.6 Å². The first-order chi connectivity index (χ1) is 9.63. The summed E-state index contributed by atoms with van der Waals surface area (Å²) in [5.41, 5.74) is 8.73. The molecule has 0 bridgehead atoms. The predicted molar refractivity (Wildman–Crippen MR) is 78.1 cm³/mol. The normalized spacial score (nSPS) is 10.9. The Morgan fingerprint density at radius 1 is 1.15 bits per heavy atom. The van der Waals surface area contributed by atoms with Crippen molar-refractivity contribution in [2.45, 2.75) is 6.61 Å². The maximum Gasteiger partial charge on any atom is 0.123 e. The first-order valence-corrected chi connectivity index (χ1v) is 6.35. The lowest BCUT2D eigenvalue weighted by Gasteiger charge is -2.05. The standard InChI is InChI=1S/C16H15FN2O/c1-19-9-11(15-8-13(18)4-7-16(15)19)10-20-14-5-2-12(17)3-6-14/h2-9H,10,18H2,1H3. The monoisotopic (exact) mass is 270 g/mol. The molecule has 0 saturated carbocycles. The van der Waals surface area contributed by atoms with Crippen LogP contribution in [0.2, 0.25) is 0 Å². The molecule has 3 rings (SSSR count). The fourth-order valence-corrected chi connectivity index (χ4v) is 2.30. The molecule has 0 aliphatic carbocycles. The Kier molecular flexibility index (Phi) is 3.06. The lowest BCUT2D eigenvalue weighted by molar-refractivity contribution is 0.307. The molecule has 1 aromatic heterocycles. The van der Waals surface area contributed by atoms with Crippen LogP contribution in [0.1, 0.15) is 5.56 Å². The summed E-state index contributed by atoms with van der Waals surface area (Å²) in [5, 5.41) is 1.08. The third kappa shape index (κ3) is 2.32. The lowest BCUT2D eigenvalue weighted by atomic mass is 10.1. The van der Waals surface area contributed by atoms with E-state index in [0.29, 0.717) is 12.4 Å². The van der Waals surface area contributed by atoms with Gasteiger partial charge in [0.25, 0.3) is 0 Å². The average Bonchev–Trinajstić information content (AvgIpc) is 2.74. The Hall–Kier alpha value is -2.49. The maximum atomic E-state index is 12.8. The van der Waals surface area contributed by atoms with Crippen LogP contribution in [0.25, 0.3) is 10.9 Å². The molecule has 3 aromatic rings. The molecule has 1 heterocycles. The number of fused-ring (bicyclic) bond motifs is 1. The summed E-state index contributed by atoms with van der Waals surface area (Å²) >= 11 is 0. The van der Waals surface area contributed by atoms with Gasteiger partial charge in [-0.15, -0.1) is 0 Å². The second-order valence-electron chi connectivity index (χ2n) is 4.78. The van der Waals surface area contributed by atoms with Gasteiger partial charge in [-0.25, -0.2) is 4.39 Å². The molecule has 2 N–H and O–H groups in total. The SMILES string of the molecule is Cn1cc(COc2ccc(F)cc2)c2cc(N)ccc21. The number of nitrogens with zero attached hydrogens (tertiary/aromatic N) is 1. The second-order valence-corrected chi connectivity index (χ2v) is 4.78. The van der Waals surface area contributed by atoms with E-state index in [2.05, 4.69) is 0 Å². The van der Waals surface area contributed by atoms with Gasteiger partial charge in [-0.05, 0) is 42.5 Å². The molecular formula is C16H15FN2O. The van der Waals surface area contributed by atoms with Crippen molar-refractivity contribution in [3.8, 4) is 5.75 Å². The summed E-state index contributed by atoms with van der Waals surface area (Å²) in [6, 6.07) is 11.8. The Morgan fingerprint density at radius 3 is 2.65 bits per heavy atom. The fourth-order valence-electron chi connectivity index (χ4n) is 2.30. The number of nitrogen functional groups attached to an aromatic ring is 1. The smallest absolute Gasteiger partial charge is 0.123 e. The number of hydrogen-bond donors (Lipinski definition) is 1. The molecule has 0 aliphatic rings. The molecule has 102 valence electrons. The molecule has 3 nitrogen and oxygen atoms in total. The van der Waals surface area contributed by atoms with Gasteiger partial charge in [0, 0.05) is 35.4 Å². The number of rotatable bonds is 3. The summed E-state index contributed by atoms with van der Waals surface area (Å²) < 4.78 is 20.6. The van der Waals surface area contributed by atoms with Gasteiger partial charge in [0.2, 0.25) is 0 Å². The Morgan fingerprint density at radius 2 is 1.90 bits per heavy atom. The largest absolute Gasteiger partial charge is 0.489 e. The molecule has 4 heteroatoms. The number of hydrogen-bond acceptors (Lipinski definition) is 2. The van der Waals surface area contributed by atoms with Crippen LogP contribution in [-0.4, -0.2) is 4.57 Å². The molecule has 0 fully saturated rings. The molecule has 2 aromatic carbocycles. The van der Waals surface area contributed by atoms with Gasteiger partial charge < -0.3 is 15.0 Å². The number of benzene rings is 2. The highest BCUT2D eigenvalue weighted by atomic mass is 19.1. The van der Waals surface area contributed by atoms with Crippen molar-refractivity contribution in [3.05, 3.63) is 60.0 Å². The van der Waals surface area contributed by atoms with E-state index in [4.69, 9.17) is 10.5 Å². The predicted octanol–water partition coefficient (Wildman–Crippen LogP) is 3.48.